The zero-order valence-electron chi connectivity index (χ0n) is 14.5. The van der Waals surface area contributed by atoms with Crippen LogP contribution in [-0.2, 0) is 6.18 Å². The Balaban J connectivity index is 2.19. The standard InChI is InChI=1S/C18H17ClF3N3O2/c1-10(2)9-23-16(26)13-4-3-5-14(24-13)17(27)25-15-8-11(18(20,21)22)6-7-12(15)19/h3-8,10H,9H2,1-2H3,(H,23,26)(H,25,27). The molecule has 1 aromatic carbocycles. The summed E-state index contributed by atoms with van der Waals surface area (Å²) in [7, 11) is 0. The third-order valence-corrected chi connectivity index (χ3v) is 3.76. The average Bonchev–Trinajstić information content (AvgIpc) is 2.60. The number of hydrogen-bond donors (Lipinski definition) is 2. The molecule has 0 aliphatic heterocycles. The quantitative estimate of drug-likeness (QED) is 0.783. The van der Waals surface area contributed by atoms with E-state index >= 15 is 0 Å². The van der Waals surface area contributed by atoms with Gasteiger partial charge in [0, 0.05) is 6.54 Å². The third-order valence-electron chi connectivity index (χ3n) is 3.43. The highest BCUT2D eigenvalue weighted by atomic mass is 35.5. The van der Waals surface area contributed by atoms with Gasteiger partial charge in [-0.3, -0.25) is 9.59 Å². The van der Waals surface area contributed by atoms with E-state index in [1.54, 1.807) is 0 Å². The highest BCUT2D eigenvalue weighted by molar-refractivity contribution is 6.33. The van der Waals surface area contributed by atoms with Gasteiger partial charge in [-0.25, -0.2) is 4.98 Å². The van der Waals surface area contributed by atoms with Crippen LogP contribution in [-0.4, -0.2) is 23.3 Å². The fourth-order valence-corrected chi connectivity index (χ4v) is 2.22. The summed E-state index contributed by atoms with van der Waals surface area (Å²) in [5.41, 5.74) is -1.25. The Bertz CT molecular complexity index is 854. The lowest BCUT2D eigenvalue weighted by molar-refractivity contribution is -0.137. The van der Waals surface area contributed by atoms with E-state index in [9.17, 15) is 22.8 Å². The molecular formula is C18H17ClF3N3O2. The van der Waals surface area contributed by atoms with Gasteiger partial charge in [0.15, 0.2) is 0 Å². The van der Waals surface area contributed by atoms with Crippen molar-refractivity contribution >= 4 is 29.1 Å². The Morgan fingerprint density at radius 3 is 2.33 bits per heavy atom. The van der Waals surface area contributed by atoms with Crippen molar-refractivity contribution in [2.45, 2.75) is 20.0 Å². The predicted octanol–water partition coefficient (Wildman–Crippen LogP) is 4.39. The molecule has 0 bridgehead atoms. The molecule has 1 aromatic heterocycles. The summed E-state index contributed by atoms with van der Waals surface area (Å²) in [4.78, 5) is 28.3. The Morgan fingerprint density at radius 2 is 1.74 bits per heavy atom. The summed E-state index contributed by atoms with van der Waals surface area (Å²) in [5.74, 6) is -0.992. The largest absolute Gasteiger partial charge is 0.416 e. The average molecular weight is 400 g/mol. The zero-order chi connectivity index (χ0) is 20.2. The normalized spacial score (nSPS) is 11.4. The van der Waals surface area contributed by atoms with E-state index in [1.165, 1.54) is 18.2 Å². The van der Waals surface area contributed by atoms with Crippen molar-refractivity contribution in [1.29, 1.82) is 0 Å². The molecule has 0 aliphatic rings. The van der Waals surface area contributed by atoms with Gasteiger partial charge in [0.25, 0.3) is 11.8 Å². The fourth-order valence-electron chi connectivity index (χ4n) is 2.06. The molecule has 144 valence electrons. The predicted molar refractivity (Wildman–Crippen MR) is 95.8 cm³/mol. The molecule has 0 radical (unpaired) electrons. The summed E-state index contributed by atoms with van der Waals surface area (Å²) in [6.07, 6.45) is -4.57. The molecule has 1 heterocycles. The van der Waals surface area contributed by atoms with Crippen LogP contribution in [0.15, 0.2) is 36.4 Å². The maximum absolute atomic E-state index is 12.8. The van der Waals surface area contributed by atoms with Gasteiger partial charge in [0.05, 0.1) is 16.3 Å². The number of halogens is 4. The summed E-state index contributed by atoms with van der Waals surface area (Å²) < 4.78 is 38.5. The Morgan fingerprint density at radius 1 is 1.11 bits per heavy atom. The third kappa shape index (κ3) is 5.68. The molecule has 0 atom stereocenters. The maximum atomic E-state index is 12.8. The second kappa shape index (κ2) is 8.39. The van der Waals surface area contributed by atoms with Gasteiger partial charge in [-0.2, -0.15) is 13.2 Å². The lowest BCUT2D eigenvalue weighted by Crippen LogP contribution is -2.28. The van der Waals surface area contributed by atoms with Crippen LogP contribution in [0.2, 0.25) is 5.02 Å². The number of amides is 2. The van der Waals surface area contributed by atoms with E-state index in [4.69, 9.17) is 11.6 Å². The Kier molecular flexibility index (Phi) is 6.43. The Labute approximate surface area is 158 Å². The van der Waals surface area contributed by atoms with E-state index in [0.717, 1.165) is 18.2 Å². The van der Waals surface area contributed by atoms with Crippen LogP contribution >= 0.6 is 11.6 Å². The van der Waals surface area contributed by atoms with Crippen molar-refractivity contribution in [2.75, 3.05) is 11.9 Å². The van der Waals surface area contributed by atoms with Gasteiger partial charge in [-0.15, -0.1) is 0 Å². The minimum absolute atomic E-state index is 0.0263. The number of nitrogens with zero attached hydrogens (tertiary/aromatic N) is 1. The monoisotopic (exact) mass is 399 g/mol. The fraction of sp³-hybridized carbons (Fsp3) is 0.278. The summed E-state index contributed by atoms with van der Waals surface area (Å²) in [6, 6.07) is 6.83. The van der Waals surface area contributed by atoms with Crippen molar-refractivity contribution in [2.24, 2.45) is 5.92 Å². The molecule has 0 unspecified atom stereocenters. The first-order chi connectivity index (χ1) is 12.6. The van der Waals surface area contributed by atoms with E-state index in [-0.39, 0.29) is 28.0 Å². The number of nitrogens with one attached hydrogen (secondary N) is 2. The van der Waals surface area contributed by atoms with Crippen LogP contribution in [0, 0.1) is 5.92 Å². The van der Waals surface area contributed by atoms with Crippen LogP contribution < -0.4 is 10.6 Å². The van der Waals surface area contributed by atoms with Gasteiger partial charge in [0.2, 0.25) is 0 Å². The summed E-state index contributed by atoms with van der Waals surface area (Å²) in [5, 5.41) is 4.90. The number of carbonyl (C=O) groups excluding carboxylic acids is 2. The highest BCUT2D eigenvalue weighted by Crippen LogP contribution is 2.33. The number of alkyl halides is 3. The van der Waals surface area contributed by atoms with Crippen molar-refractivity contribution < 1.29 is 22.8 Å². The van der Waals surface area contributed by atoms with Crippen LogP contribution in [0.5, 0.6) is 0 Å². The number of rotatable bonds is 5. The van der Waals surface area contributed by atoms with E-state index in [2.05, 4.69) is 15.6 Å². The number of benzene rings is 1. The smallest absolute Gasteiger partial charge is 0.350 e. The minimum Gasteiger partial charge on any atom is -0.350 e. The van der Waals surface area contributed by atoms with Gasteiger partial charge in [0.1, 0.15) is 11.4 Å². The van der Waals surface area contributed by atoms with Crippen molar-refractivity contribution in [1.82, 2.24) is 10.3 Å². The van der Waals surface area contributed by atoms with E-state index < -0.39 is 23.6 Å². The lowest BCUT2D eigenvalue weighted by Gasteiger charge is -2.12. The van der Waals surface area contributed by atoms with E-state index in [0.29, 0.717) is 6.54 Å². The molecule has 0 aliphatic carbocycles. The molecule has 9 heteroatoms. The second-order valence-electron chi connectivity index (χ2n) is 6.16. The maximum Gasteiger partial charge on any atom is 0.416 e. The molecule has 27 heavy (non-hydrogen) atoms. The topological polar surface area (TPSA) is 71.1 Å². The van der Waals surface area contributed by atoms with Crippen LogP contribution in [0.1, 0.15) is 40.4 Å². The van der Waals surface area contributed by atoms with Gasteiger partial charge < -0.3 is 10.6 Å². The first-order valence-corrected chi connectivity index (χ1v) is 8.39. The molecule has 2 amide bonds. The van der Waals surface area contributed by atoms with Gasteiger partial charge in [-0.05, 0) is 36.2 Å². The van der Waals surface area contributed by atoms with Gasteiger partial charge in [-0.1, -0.05) is 31.5 Å². The molecule has 0 saturated heterocycles. The highest BCUT2D eigenvalue weighted by Gasteiger charge is 2.31. The van der Waals surface area contributed by atoms with E-state index in [1.807, 2.05) is 13.8 Å². The molecule has 0 saturated carbocycles. The first kappa shape index (κ1) is 20.7. The molecule has 0 fully saturated rings. The number of aromatic nitrogens is 1. The van der Waals surface area contributed by atoms with Crippen LogP contribution in [0.4, 0.5) is 18.9 Å². The first-order valence-electron chi connectivity index (χ1n) is 8.01. The number of carbonyl (C=O) groups is 2. The molecule has 0 spiro atoms. The van der Waals surface area contributed by atoms with Crippen molar-refractivity contribution in [3.05, 3.63) is 58.4 Å². The summed E-state index contributed by atoms with van der Waals surface area (Å²) in [6.45, 7) is 4.30. The van der Waals surface area contributed by atoms with Crippen molar-refractivity contribution in [3.8, 4) is 0 Å². The van der Waals surface area contributed by atoms with Crippen LogP contribution in [0.3, 0.4) is 0 Å². The molecule has 2 rings (SSSR count). The molecule has 5 nitrogen and oxygen atoms in total. The SMILES string of the molecule is CC(C)CNC(=O)c1cccc(C(=O)Nc2cc(C(F)(F)F)ccc2Cl)n1. The zero-order valence-corrected chi connectivity index (χ0v) is 15.3. The molecule has 2 aromatic rings. The molecule has 2 N–H and O–H groups in total. The van der Waals surface area contributed by atoms with Crippen LogP contribution in [0.25, 0.3) is 0 Å². The second-order valence-corrected chi connectivity index (χ2v) is 6.57. The Hall–Kier alpha value is -2.61. The minimum atomic E-state index is -4.57. The van der Waals surface area contributed by atoms with Crippen molar-refractivity contribution in [3.63, 3.8) is 0 Å². The lowest BCUT2D eigenvalue weighted by atomic mass is 10.2. The number of hydrogen-bond acceptors (Lipinski definition) is 3. The van der Waals surface area contributed by atoms with Gasteiger partial charge >= 0.3 is 6.18 Å². The summed E-state index contributed by atoms with van der Waals surface area (Å²) >= 11 is 5.86. The number of pyridine rings is 1. The molecular weight excluding hydrogens is 383 g/mol. The number of anilines is 1.